The highest BCUT2D eigenvalue weighted by atomic mass is 16.5. The van der Waals surface area contributed by atoms with E-state index in [2.05, 4.69) is 32.0 Å². The van der Waals surface area contributed by atoms with Crippen LogP contribution in [0.4, 0.5) is 0 Å². The molecule has 0 aliphatic heterocycles. The summed E-state index contributed by atoms with van der Waals surface area (Å²) in [4.78, 5) is 0. The highest BCUT2D eigenvalue weighted by Crippen LogP contribution is 2.16. The van der Waals surface area contributed by atoms with Gasteiger partial charge in [-0.25, -0.2) is 0 Å². The Kier molecular flexibility index (Phi) is 3.85. The van der Waals surface area contributed by atoms with Gasteiger partial charge in [0.05, 0.1) is 0 Å². The van der Waals surface area contributed by atoms with Gasteiger partial charge in [-0.2, -0.15) is 0 Å². The Balaban J connectivity index is 2.10. The second-order valence-electron chi connectivity index (χ2n) is 4.73. The van der Waals surface area contributed by atoms with E-state index in [1.54, 1.807) is 12.1 Å². The van der Waals surface area contributed by atoms with E-state index in [1.165, 1.54) is 11.1 Å². The average Bonchev–Trinajstić information content (AvgIpc) is 2.35. The largest absolute Gasteiger partial charge is 0.489 e. The summed E-state index contributed by atoms with van der Waals surface area (Å²) in [5.41, 5.74) is 9.75. The summed E-state index contributed by atoms with van der Waals surface area (Å²) in [6.45, 7) is 4.67. The van der Waals surface area contributed by atoms with Gasteiger partial charge in [0.15, 0.2) is 0 Å². The van der Waals surface area contributed by atoms with Crippen LogP contribution in [0.2, 0.25) is 0 Å². The van der Waals surface area contributed by atoms with Crippen LogP contribution in [-0.2, 0) is 6.61 Å². The normalized spacial score (nSPS) is 10.2. The summed E-state index contributed by atoms with van der Waals surface area (Å²) in [6.07, 6.45) is 0. The van der Waals surface area contributed by atoms with Crippen molar-refractivity contribution in [1.82, 2.24) is 0 Å². The first-order valence-electron chi connectivity index (χ1n) is 6.19. The second kappa shape index (κ2) is 5.57. The van der Waals surface area contributed by atoms with Crippen LogP contribution in [0.15, 0.2) is 42.5 Å². The average molecular weight is 254 g/mol. The van der Waals surface area contributed by atoms with Gasteiger partial charge in [0, 0.05) is 5.56 Å². The lowest BCUT2D eigenvalue weighted by Gasteiger charge is -2.09. The second-order valence-corrected chi connectivity index (χ2v) is 4.73. The minimum Gasteiger partial charge on any atom is -0.489 e. The smallest absolute Gasteiger partial charge is 0.122 e. The fraction of sp³-hybridized carbons (Fsp3) is 0.188. The van der Waals surface area contributed by atoms with E-state index in [-0.39, 0.29) is 5.84 Å². The Labute approximate surface area is 113 Å². The number of hydrogen-bond acceptors (Lipinski definition) is 2. The van der Waals surface area contributed by atoms with E-state index in [1.807, 2.05) is 12.1 Å². The molecule has 3 heteroatoms. The molecule has 0 amide bonds. The minimum absolute atomic E-state index is 0.0526. The van der Waals surface area contributed by atoms with Gasteiger partial charge in [0.25, 0.3) is 0 Å². The first kappa shape index (κ1) is 13.1. The van der Waals surface area contributed by atoms with Crippen molar-refractivity contribution in [2.75, 3.05) is 0 Å². The van der Waals surface area contributed by atoms with E-state index >= 15 is 0 Å². The number of aryl methyl sites for hydroxylation is 2. The van der Waals surface area contributed by atoms with Crippen molar-refractivity contribution in [2.45, 2.75) is 20.5 Å². The summed E-state index contributed by atoms with van der Waals surface area (Å²) < 4.78 is 5.74. The molecule has 0 unspecified atom stereocenters. The molecule has 0 aromatic heterocycles. The molecule has 0 heterocycles. The SMILES string of the molecule is Cc1cc(C)cc(COc2cccc(C(=N)N)c2)c1. The van der Waals surface area contributed by atoms with Gasteiger partial charge in [-0.3, -0.25) is 5.41 Å². The number of hydrogen-bond donors (Lipinski definition) is 2. The maximum atomic E-state index is 7.41. The van der Waals surface area contributed by atoms with Crippen LogP contribution in [0.1, 0.15) is 22.3 Å². The highest BCUT2D eigenvalue weighted by Gasteiger charge is 2.01. The lowest BCUT2D eigenvalue weighted by atomic mass is 10.1. The molecule has 2 rings (SSSR count). The molecule has 0 aliphatic carbocycles. The van der Waals surface area contributed by atoms with E-state index in [9.17, 15) is 0 Å². The van der Waals surface area contributed by atoms with Crippen molar-refractivity contribution in [3.8, 4) is 5.75 Å². The van der Waals surface area contributed by atoms with Crippen molar-refractivity contribution >= 4 is 5.84 Å². The molecular weight excluding hydrogens is 236 g/mol. The highest BCUT2D eigenvalue weighted by molar-refractivity contribution is 5.95. The van der Waals surface area contributed by atoms with Crippen molar-refractivity contribution in [3.05, 3.63) is 64.7 Å². The monoisotopic (exact) mass is 254 g/mol. The van der Waals surface area contributed by atoms with Crippen LogP contribution < -0.4 is 10.5 Å². The van der Waals surface area contributed by atoms with E-state index < -0.39 is 0 Å². The maximum absolute atomic E-state index is 7.41. The van der Waals surface area contributed by atoms with E-state index in [0.717, 1.165) is 11.3 Å². The number of benzene rings is 2. The number of nitrogens with two attached hydrogens (primary N) is 1. The number of nitrogens with one attached hydrogen (secondary N) is 1. The van der Waals surface area contributed by atoms with E-state index in [0.29, 0.717) is 12.2 Å². The lowest BCUT2D eigenvalue weighted by Crippen LogP contribution is -2.10. The van der Waals surface area contributed by atoms with Gasteiger partial charge in [-0.15, -0.1) is 0 Å². The van der Waals surface area contributed by atoms with Crippen molar-refractivity contribution < 1.29 is 4.74 Å². The molecule has 3 N–H and O–H groups in total. The molecule has 0 atom stereocenters. The van der Waals surface area contributed by atoms with Crippen LogP contribution >= 0.6 is 0 Å². The molecule has 0 aliphatic rings. The first-order valence-corrected chi connectivity index (χ1v) is 6.19. The van der Waals surface area contributed by atoms with Gasteiger partial charge in [0.2, 0.25) is 0 Å². The number of ether oxygens (including phenoxy) is 1. The fourth-order valence-electron chi connectivity index (χ4n) is 2.07. The summed E-state index contributed by atoms with van der Waals surface area (Å²) >= 11 is 0. The van der Waals surface area contributed by atoms with Crippen LogP contribution in [0.5, 0.6) is 5.75 Å². The Bertz CT molecular complexity index is 585. The van der Waals surface area contributed by atoms with Gasteiger partial charge in [0.1, 0.15) is 18.2 Å². The van der Waals surface area contributed by atoms with Gasteiger partial charge in [-0.05, 0) is 31.5 Å². The third-order valence-electron chi connectivity index (χ3n) is 2.83. The molecule has 2 aromatic carbocycles. The number of nitrogen functional groups attached to an aromatic ring is 1. The lowest BCUT2D eigenvalue weighted by molar-refractivity contribution is 0.306. The molecule has 0 fully saturated rings. The Morgan fingerprint density at radius 2 is 1.79 bits per heavy atom. The Hall–Kier alpha value is -2.29. The fourth-order valence-corrected chi connectivity index (χ4v) is 2.07. The van der Waals surface area contributed by atoms with Crippen LogP contribution in [0.3, 0.4) is 0 Å². The minimum atomic E-state index is 0.0526. The molecule has 19 heavy (non-hydrogen) atoms. The molecule has 3 nitrogen and oxygen atoms in total. The van der Waals surface area contributed by atoms with Gasteiger partial charge >= 0.3 is 0 Å². The molecule has 0 radical (unpaired) electrons. The third kappa shape index (κ3) is 3.58. The third-order valence-corrected chi connectivity index (χ3v) is 2.83. The molecule has 98 valence electrons. The van der Waals surface area contributed by atoms with Crippen LogP contribution in [-0.4, -0.2) is 5.84 Å². The summed E-state index contributed by atoms with van der Waals surface area (Å²) in [6, 6.07) is 13.7. The summed E-state index contributed by atoms with van der Waals surface area (Å²) in [5, 5.41) is 7.41. The predicted molar refractivity (Wildman–Crippen MR) is 77.7 cm³/mol. The zero-order valence-corrected chi connectivity index (χ0v) is 11.2. The molecule has 0 saturated heterocycles. The van der Waals surface area contributed by atoms with Gasteiger partial charge in [-0.1, -0.05) is 41.5 Å². The molecule has 0 spiro atoms. The molecule has 0 bridgehead atoms. The first-order chi connectivity index (χ1) is 9.04. The summed E-state index contributed by atoms with van der Waals surface area (Å²) in [5.74, 6) is 0.781. The van der Waals surface area contributed by atoms with Crippen molar-refractivity contribution in [2.24, 2.45) is 5.73 Å². The predicted octanol–water partition coefficient (Wildman–Crippen LogP) is 3.17. The zero-order chi connectivity index (χ0) is 13.8. The van der Waals surface area contributed by atoms with Crippen molar-refractivity contribution in [1.29, 1.82) is 5.41 Å². The Morgan fingerprint density at radius 3 is 2.42 bits per heavy atom. The molecule has 0 saturated carbocycles. The van der Waals surface area contributed by atoms with Crippen LogP contribution in [0.25, 0.3) is 0 Å². The standard InChI is InChI=1S/C16H18N2O/c1-11-6-12(2)8-13(7-11)10-19-15-5-3-4-14(9-15)16(17)18/h3-9H,10H2,1-2H3,(H3,17,18). The number of rotatable bonds is 4. The molecular formula is C16H18N2O. The molecule has 2 aromatic rings. The quantitative estimate of drug-likeness (QED) is 0.650. The Morgan fingerprint density at radius 1 is 1.11 bits per heavy atom. The van der Waals surface area contributed by atoms with Crippen LogP contribution in [0, 0.1) is 19.3 Å². The zero-order valence-electron chi connectivity index (χ0n) is 11.2. The topological polar surface area (TPSA) is 59.1 Å². The van der Waals surface area contributed by atoms with E-state index in [4.69, 9.17) is 15.9 Å². The van der Waals surface area contributed by atoms with Gasteiger partial charge < -0.3 is 10.5 Å². The maximum Gasteiger partial charge on any atom is 0.122 e. The summed E-state index contributed by atoms with van der Waals surface area (Å²) in [7, 11) is 0. The van der Waals surface area contributed by atoms with Crippen molar-refractivity contribution in [3.63, 3.8) is 0 Å². The number of amidine groups is 1.